The van der Waals surface area contributed by atoms with Crippen LogP contribution in [0.3, 0.4) is 0 Å². The first-order valence-electron chi connectivity index (χ1n) is 7.73. The number of anilines is 1. The summed E-state index contributed by atoms with van der Waals surface area (Å²) in [5, 5.41) is 9.99. The van der Waals surface area contributed by atoms with Crippen LogP contribution in [0.25, 0.3) is 0 Å². The van der Waals surface area contributed by atoms with Crippen LogP contribution in [0.1, 0.15) is 21.7 Å². The van der Waals surface area contributed by atoms with E-state index in [-0.39, 0.29) is 11.1 Å². The van der Waals surface area contributed by atoms with Crippen LogP contribution in [-0.2, 0) is 7.05 Å². The molecule has 2 heterocycles. The first kappa shape index (κ1) is 17.0. The van der Waals surface area contributed by atoms with Crippen molar-refractivity contribution in [2.75, 3.05) is 5.32 Å². The van der Waals surface area contributed by atoms with E-state index in [4.69, 9.17) is 0 Å². The van der Waals surface area contributed by atoms with Gasteiger partial charge in [0.1, 0.15) is 5.56 Å². The summed E-state index contributed by atoms with van der Waals surface area (Å²) in [6, 6.07) is 10.7. The van der Waals surface area contributed by atoms with Crippen LogP contribution < -0.4 is 10.9 Å². The van der Waals surface area contributed by atoms with Crippen LogP contribution >= 0.6 is 11.8 Å². The van der Waals surface area contributed by atoms with Crippen LogP contribution in [0, 0.1) is 13.8 Å². The van der Waals surface area contributed by atoms with Crippen LogP contribution in [0.4, 0.5) is 5.69 Å². The molecule has 0 unspecified atom stereocenters. The molecule has 128 valence electrons. The minimum Gasteiger partial charge on any atom is -0.321 e. The van der Waals surface area contributed by atoms with Gasteiger partial charge in [0.25, 0.3) is 11.5 Å². The Labute approximate surface area is 149 Å². The molecule has 6 nitrogen and oxygen atoms in total. The Bertz CT molecular complexity index is 971. The third kappa shape index (κ3) is 3.51. The van der Waals surface area contributed by atoms with Crippen LogP contribution in [0.5, 0.6) is 0 Å². The minimum absolute atomic E-state index is 0.112. The largest absolute Gasteiger partial charge is 0.321 e. The molecule has 0 saturated carbocycles. The molecule has 0 aliphatic carbocycles. The quantitative estimate of drug-likeness (QED) is 0.754. The van der Waals surface area contributed by atoms with E-state index in [0.717, 1.165) is 21.2 Å². The standard InChI is InChI=1S/C18H18N4O2S/c1-11-16(12(2)21-20-11)25-15-9-5-4-8-14(15)19-17(23)13-7-6-10-22(3)18(13)24/h4-10H,1-3H3,(H,19,23)(H,20,21). The fraction of sp³-hybridized carbons (Fsp3) is 0.167. The zero-order valence-corrected chi connectivity index (χ0v) is 15.0. The maximum Gasteiger partial charge on any atom is 0.263 e. The van der Waals surface area contributed by atoms with Crippen molar-refractivity contribution in [2.24, 2.45) is 7.05 Å². The van der Waals surface area contributed by atoms with Gasteiger partial charge in [-0.25, -0.2) is 0 Å². The number of nitrogens with one attached hydrogen (secondary N) is 2. The second-order valence-corrected chi connectivity index (χ2v) is 6.71. The molecule has 0 bridgehead atoms. The summed E-state index contributed by atoms with van der Waals surface area (Å²) < 4.78 is 1.38. The van der Waals surface area contributed by atoms with Crippen molar-refractivity contribution >= 4 is 23.4 Å². The van der Waals surface area contributed by atoms with Gasteiger partial charge in [-0.05, 0) is 38.1 Å². The van der Waals surface area contributed by atoms with Crippen LogP contribution in [0.15, 0.2) is 57.2 Å². The Morgan fingerprint density at radius 1 is 1.20 bits per heavy atom. The van der Waals surface area contributed by atoms with Crippen molar-refractivity contribution in [3.63, 3.8) is 0 Å². The Kier molecular flexibility index (Phi) is 4.76. The lowest BCUT2D eigenvalue weighted by Crippen LogP contribution is -2.27. The lowest BCUT2D eigenvalue weighted by Gasteiger charge is -2.11. The third-order valence-corrected chi connectivity index (χ3v) is 5.16. The SMILES string of the molecule is Cc1n[nH]c(C)c1Sc1ccccc1NC(=O)c1cccn(C)c1=O. The summed E-state index contributed by atoms with van der Waals surface area (Å²) in [5.41, 5.74) is 2.32. The zero-order chi connectivity index (χ0) is 18.0. The number of pyridine rings is 1. The summed E-state index contributed by atoms with van der Waals surface area (Å²) >= 11 is 1.53. The number of aromatic nitrogens is 3. The summed E-state index contributed by atoms with van der Waals surface area (Å²) in [4.78, 5) is 26.5. The van der Waals surface area contributed by atoms with Gasteiger partial charge in [-0.2, -0.15) is 5.10 Å². The molecule has 0 spiro atoms. The average Bonchev–Trinajstić information content (AvgIpc) is 2.91. The number of carbonyl (C=O) groups is 1. The molecule has 0 aliphatic heterocycles. The lowest BCUT2D eigenvalue weighted by molar-refractivity contribution is 0.102. The maximum absolute atomic E-state index is 12.5. The highest BCUT2D eigenvalue weighted by Crippen LogP contribution is 2.36. The lowest BCUT2D eigenvalue weighted by atomic mass is 10.2. The van der Waals surface area contributed by atoms with Crippen LogP contribution in [-0.4, -0.2) is 20.7 Å². The van der Waals surface area contributed by atoms with Crippen molar-refractivity contribution in [1.29, 1.82) is 0 Å². The van der Waals surface area contributed by atoms with Gasteiger partial charge in [0, 0.05) is 23.8 Å². The number of aromatic amines is 1. The molecule has 7 heteroatoms. The predicted octanol–water partition coefficient (Wildman–Crippen LogP) is 3.13. The van der Waals surface area contributed by atoms with Gasteiger partial charge < -0.3 is 9.88 Å². The predicted molar refractivity (Wildman–Crippen MR) is 98.3 cm³/mol. The van der Waals surface area contributed by atoms with E-state index in [1.54, 1.807) is 19.3 Å². The minimum atomic E-state index is -0.421. The zero-order valence-electron chi connectivity index (χ0n) is 14.2. The van der Waals surface area contributed by atoms with E-state index in [0.29, 0.717) is 5.69 Å². The molecule has 25 heavy (non-hydrogen) atoms. The van der Waals surface area contributed by atoms with Crippen molar-refractivity contribution in [2.45, 2.75) is 23.6 Å². The highest BCUT2D eigenvalue weighted by Gasteiger charge is 2.15. The summed E-state index contributed by atoms with van der Waals surface area (Å²) in [5.74, 6) is -0.421. The van der Waals surface area contributed by atoms with Gasteiger partial charge in [-0.3, -0.25) is 14.7 Å². The molecule has 0 radical (unpaired) electrons. The number of hydrogen-bond acceptors (Lipinski definition) is 4. The van der Waals surface area contributed by atoms with Gasteiger partial charge in [0.15, 0.2) is 0 Å². The van der Waals surface area contributed by atoms with Gasteiger partial charge in [0.05, 0.1) is 16.3 Å². The molecule has 1 aromatic carbocycles. The molecule has 0 fully saturated rings. The number of hydrogen-bond donors (Lipinski definition) is 2. The topological polar surface area (TPSA) is 79.8 Å². The van der Waals surface area contributed by atoms with E-state index in [2.05, 4.69) is 15.5 Å². The first-order valence-corrected chi connectivity index (χ1v) is 8.54. The maximum atomic E-state index is 12.5. The summed E-state index contributed by atoms with van der Waals surface area (Å²) in [7, 11) is 1.62. The van der Waals surface area contributed by atoms with Crippen molar-refractivity contribution in [3.05, 3.63) is 69.9 Å². The number of benzene rings is 1. The molecule has 3 aromatic rings. The molecule has 2 N–H and O–H groups in total. The third-order valence-electron chi connectivity index (χ3n) is 3.78. The van der Waals surface area contributed by atoms with E-state index in [1.165, 1.54) is 22.4 Å². The van der Waals surface area contributed by atoms with Crippen molar-refractivity contribution < 1.29 is 4.79 Å². The molecule has 0 atom stereocenters. The summed E-state index contributed by atoms with van der Waals surface area (Å²) in [6.45, 7) is 3.89. The smallest absolute Gasteiger partial charge is 0.263 e. The highest BCUT2D eigenvalue weighted by atomic mass is 32.2. The number of amides is 1. The number of aryl methyl sites for hydroxylation is 3. The molecule has 1 amide bonds. The Balaban J connectivity index is 1.90. The Hall–Kier alpha value is -2.80. The molecular weight excluding hydrogens is 336 g/mol. The molecule has 0 aliphatic rings. The number of nitrogens with zero attached hydrogens (tertiary/aromatic N) is 2. The monoisotopic (exact) mass is 354 g/mol. The number of para-hydroxylation sites is 1. The number of H-pyrrole nitrogens is 1. The second-order valence-electron chi connectivity index (χ2n) is 5.65. The summed E-state index contributed by atoms with van der Waals surface area (Å²) in [6.07, 6.45) is 1.62. The molecule has 0 saturated heterocycles. The van der Waals surface area contributed by atoms with Gasteiger partial charge in [-0.1, -0.05) is 23.9 Å². The van der Waals surface area contributed by atoms with Gasteiger partial charge in [-0.15, -0.1) is 0 Å². The van der Waals surface area contributed by atoms with E-state index in [1.807, 2.05) is 38.1 Å². The van der Waals surface area contributed by atoms with Crippen molar-refractivity contribution in [1.82, 2.24) is 14.8 Å². The van der Waals surface area contributed by atoms with E-state index < -0.39 is 5.91 Å². The molecule has 3 rings (SSSR count). The Morgan fingerprint density at radius 3 is 2.68 bits per heavy atom. The fourth-order valence-electron chi connectivity index (χ4n) is 2.42. The average molecular weight is 354 g/mol. The number of rotatable bonds is 4. The Morgan fingerprint density at radius 2 is 1.96 bits per heavy atom. The van der Waals surface area contributed by atoms with E-state index in [9.17, 15) is 9.59 Å². The second kappa shape index (κ2) is 6.98. The van der Waals surface area contributed by atoms with Crippen LogP contribution in [0.2, 0.25) is 0 Å². The molecular formula is C18H18N4O2S. The highest BCUT2D eigenvalue weighted by molar-refractivity contribution is 7.99. The van der Waals surface area contributed by atoms with Crippen molar-refractivity contribution in [3.8, 4) is 0 Å². The number of carbonyl (C=O) groups excluding carboxylic acids is 1. The van der Waals surface area contributed by atoms with Gasteiger partial charge >= 0.3 is 0 Å². The first-order chi connectivity index (χ1) is 12.0. The normalized spacial score (nSPS) is 10.7. The van der Waals surface area contributed by atoms with E-state index >= 15 is 0 Å². The van der Waals surface area contributed by atoms with Gasteiger partial charge in [0.2, 0.25) is 0 Å². The molecule has 2 aromatic heterocycles. The fourth-order valence-corrected chi connectivity index (χ4v) is 3.41.